The largest absolute Gasteiger partial charge is 0.293 e. The second-order valence-electron chi connectivity index (χ2n) is 19.7. The fourth-order valence-electron chi connectivity index (χ4n) is 11.9. The number of para-hydroxylation sites is 4. The Morgan fingerprint density at radius 3 is 1.12 bits per heavy atom. The van der Waals surface area contributed by atoms with Crippen molar-refractivity contribution in [2.75, 3.05) is 0 Å². The van der Waals surface area contributed by atoms with Crippen molar-refractivity contribution in [3.63, 3.8) is 0 Å². The Kier molecular flexibility index (Phi) is 9.64. The second kappa shape index (κ2) is 17.0. The SMILES string of the molecule is c1cc(-c2cccc(-c3cccc4c5ccccc5n(-c5cccc(-c6ccc7sc8ccccc8c7c6)n5)c34)c2)cc(-c2cccc3c4ccccc4n(-c4cccc(-c5ccc6sc7ccccc7c6c5)n4)c23)c1. The Balaban J connectivity index is 0.807. The summed E-state index contributed by atoms with van der Waals surface area (Å²) in [6.07, 6.45) is 0. The highest BCUT2D eigenvalue weighted by atomic mass is 32.1. The maximum atomic E-state index is 5.45. The van der Waals surface area contributed by atoms with E-state index in [9.17, 15) is 0 Å². The van der Waals surface area contributed by atoms with E-state index in [-0.39, 0.29) is 0 Å². The summed E-state index contributed by atoms with van der Waals surface area (Å²) in [6, 6.07) is 92.7. The second-order valence-corrected chi connectivity index (χ2v) is 21.8. The third kappa shape index (κ3) is 6.75. The molecule has 0 atom stereocenters. The van der Waals surface area contributed by atoms with Crippen LogP contribution >= 0.6 is 22.7 Å². The van der Waals surface area contributed by atoms with Gasteiger partial charge in [0, 0.05) is 84.1 Å². The zero-order valence-corrected chi connectivity index (χ0v) is 42.5. The minimum absolute atomic E-state index is 0.886. The molecule has 16 aromatic rings. The van der Waals surface area contributed by atoms with Gasteiger partial charge in [0.2, 0.25) is 0 Å². The van der Waals surface area contributed by atoms with E-state index in [1.807, 2.05) is 22.7 Å². The Labute approximate surface area is 445 Å². The molecule has 0 aliphatic rings. The van der Waals surface area contributed by atoms with Gasteiger partial charge in [-0.3, -0.25) is 9.13 Å². The average molecular weight is 1000 g/mol. The summed E-state index contributed by atoms with van der Waals surface area (Å²) in [5.74, 6) is 1.77. The number of pyridine rings is 2. The summed E-state index contributed by atoms with van der Waals surface area (Å²) in [6.45, 7) is 0. The van der Waals surface area contributed by atoms with Crippen LogP contribution in [0, 0.1) is 0 Å². The zero-order chi connectivity index (χ0) is 49.8. The molecule has 0 saturated carbocycles. The van der Waals surface area contributed by atoms with Crippen molar-refractivity contribution in [1.82, 2.24) is 19.1 Å². The lowest BCUT2D eigenvalue weighted by molar-refractivity contribution is 1.08. The fraction of sp³-hybridized carbons (Fsp3) is 0. The summed E-state index contributed by atoms with van der Waals surface area (Å²) in [5.41, 5.74) is 15.5. The minimum Gasteiger partial charge on any atom is -0.293 e. The smallest absolute Gasteiger partial charge is 0.138 e. The van der Waals surface area contributed by atoms with Gasteiger partial charge in [-0.25, -0.2) is 9.97 Å². The van der Waals surface area contributed by atoms with Gasteiger partial charge in [0.15, 0.2) is 0 Å². The van der Waals surface area contributed by atoms with Gasteiger partial charge in [0.1, 0.15) is 11.6 Å². The molecular formula is C70H42N4S2. The molecule has 6 heterocycles. The highest BCUT2D eigenvalue weighted by Gasteiger charge is 2.21. The zero-order valence-electron chi connectivity index (χ0n) is 40.9. The number of nitrogens with zero attached hydrogens (tertiary/aromatic N) is 4. The van der Waals surface area contributed by atoms with Gasteiger partial charge < -0.3 is 0 Å². The van der Waals surface area contributed by atoms with E-state index in [0.29, 0.717) is 0 Å². The minimum atomic E-state index is 0.886. The van der Waals surface area contributed by atoms with Crippen LogP contribution in [0.1, 0.15) is 0 Å². The highest BCUT2D eigenvalue weighted by Crippen LogP contribution is 2.43. The van der Waals surface area contributed by atoms with Gasteiger partial charge in [-0.2, -0.15) is 0 Å². The first-order valence-electron chi connectivity index (χ1n) is 25.7. The van der Waals surface area contributed by atoms with Crippen molar-refractivity contribution in [1.29, 1.82) is 0 Å². The van der Waals surface area contributed by atoms with Crippen LogP contribution in [-0.4, -0.2) is 19.1 Å². The number of fused-ring (bicyclic) bond motifs is 12. The van der Waals surface area contributed by atoms with Gasteiger partial charge in [-0.1, -0.05) is 170 Å². The lowest BCUT2D eigenvalue weighted by atomic mass is 9.94. The molecule has 354 valence electrons. The van der Waals surface area contributed by atoms with E-state index in [1.54, 1.807) is 0 Å². The van der Waals surface area contributed by atoms with E-state index in [0.717, 1.165) is 89.6 Å². The number of aromatic nitrogens is 4. The maximum Gasteiger partial charge on any atom is 0.138 e. The molecule has 16 rings (SSSR count). The van der Waals surface area contributed by atoms with Gasteiger partial charge in [-0.05, 0) is 107 Å². The molecule has 0 N–H and O–H groups in total. The molecule has 6 heteroatoms. The lowest BCUT2D eigenvalue weighted by Gasteiger charge is -2.14. The molecule has 0 unspecified atom stereocenters. The Morgan fingerprint density at radius 2 is 0.632 bits per heavy atom. The van der Waals surface area contributed by atoms with E-state index in [4.69, 9.17) is 9.97 Å². The van der Waals surface area contributed by atoms with Crippen molar-refractivity contribution in [3.8, 4) is 67.5 Å². The quantitative estimate of drug-likeness (QED) is 0.159. The average Bonchev–Trinajstić information content (AvgIpc) is 4.29. The molecule has 0 saturated heterocycles. The molecule has 0 aliphatic heterocycles. The number of rotatable bonds is 7. The molecule has 0 aliphatic carbocycles. The van der Waals surface area contributed by atoms with Crippen molar-refractivity contribution >= 4 is 107 Å². The van der Waals surface area contributed by atoms with E-state index in [1.165, 1.54) is 61.9 Å². The molecule has 0 bridgehead atoms. The monoisotopic (exact) mass is 1000 g/mol. The predicted molar refractivity (Wildman–Crippen MR) is 324 cm³/mol. The first kappa shape index (κ1) is 43.0. The summed E-state index contributed by atoms with van der Waals surface area (Å²) in [5, 5.41) is 9.90. The molecule has 0 fully saturated rings. The van der Waals surface area contributed by atoms with E-state index in [2.05, 4.69) is 264 Å². The number of benzene rings is 10. The van der Waals surface area contributed by atoms with Gasteiger partial charge >= 0.3 is 0 Å². The van der Waals surface area contributed by atoms with Crippen molar-refractivity contribution in [3.05, 3.63) is 255 Å². The number of thiophene rings is 2. The van der Waals surface area contributed by atoms with Crippen LogP contribution in [0.5, 0.6) is 0 Å². The molecule has 0 radical (unpaired) electrons. The fourth-order valence-corrected chi connectivity index (χ4v) is 14.1. The van der Waals surface area contributed by atoms with Crippen LogP contribution in [0.25, 0.3) is 151 Å². The first-order valence-corrected chi connectivity index (χ1v) is 27.3. The van der Waals surface area contributed by atoms with Crippen molar-refractivity contribution < 1.29 is 0 Å². The lowest BCUT2D eigenvalue weighted by Crippen LogP contribution is -2.00. The molecule has 6 aromatic heterocycles. The summed E-state index contributed by atoms with van der Waals surface area (Å²) in [4.78, 5) is 10.9. The summed E-state index contributed by atoms with van der Waals surface area (Å²) in [7, 11) is 0. The van der Waals surface area contributed by atoms with Crippen LogP contribution < -0.4 is 0 Å². The van der Waals surface area contributed by atoms with Crippen molar-refractivity contribution in [2.24, 2.45) is 0 Å². The van der Waals surface area contributed by atoms with Gasteiger partial charge in [0.05, 0.1) is 33.5 Å². The van der Waals surface area contributed by atoms with E-state index < -0.39 is 0 Å². The van der Waals surface area contributed by atoms with Gasteiger partial charge in [0.25, 0.3) is 0 Å². The van der Waals surface area contributed by atoms with Crippen LogP contribution in [0.2, 0.25) is 0 Å². The Morgan fingerprint density at radius 1 is 0.250 bits per heavy atom. The molecule has 76 heavy (non-hydrogen) atoms. The maximum absolute atomic E-state index is 5.45. The third-order valence-electron chi connectivity index (χ3n) is 15.3. The Hall–Kier alpha value is -9.46. The predicted octanol–water partition coefficient (Wildman–Crippen LogP) is 19.7. The Bertz CT molecular complexity index is 4710. The topological polar surface area (TPSA) is 35.6 Å². The summed E-state index contributed by atoms with van der Waals surface area (Å²) >= 11 is 3.68. The van der Waals surface area contributed by atoms with Crippen molar-refractivity contribution in [2.45, 2.75) is 0 Å². The van der Waals surface area contributed by atoms with Gasteiger partial charge in [-0.15, -0.1) is 22.7 Å². The van der Waals surface area contributed by atoms with Crippen LogP contribution in [0.3, 0.4) is 0 Å². The van der Waals surface area contributed by atoms with E-state index >= 15 is 0 Å². The molecule has 10 aromatic carbocycles. The normalized spacial score (nSPS) is 11.9. The third-order valence-corrected chi connectivity index (χ3v) is 17.6. The molecule has 0 spiro atoms. The number of hydrogen-bond donors (Lipinski definition) is 0. The van der Waals surface area contributed by atoms with Crippen LogP contribution in [0.4, 0.5) is 0 Å². The first-order chi connectivity index (χ1) is 37.7. The van der Waals surface area contributed by atoms with Crippen LogP contribution in [-0.2, 0) is 0 Å². The standard InChI is InChI=1S/C70H42N4S2/c1-5-29-61-51(19-1)55-25-11-23-49(69(55)73(61)67-33-13-27-59(71-67)47-35-37-65-57(41-47)53-21-3-7-31-63(53)75-65)45-17-9-15-43(39-45)44-16-10-18-46(40-44)50-24-12-26-56-52-20-2-6-30-62(52)74(70(50)56)68-34-14-28-60(72-68)48-36-38-66-58(42-48)54-22-4-8-32-64(54)76-66/h1-42H. The molecular weight excluding hydrogens is 961 g/mol. The molecule has 0 amide bonds. The number of hydrogen-bond acceptors (Lipinski definition) is 4. The molecule has 4 nitrogen and oxygen atoms in total. The van der Waals surface area contributed by atoms with Crippen LogP contribution in [0.15, 0.2) is 255 Å². The summed E-state index contributed by atoms with van der Waals surface area (Å²) < 4.78 is 9.91. The highest BCUT2D eigenvalue weighted by molar-refractivity contribution is 7.26.